The van der Waals surface area contributed by atoms with Gasteiger partial charge in [0, 0.05) is 18.3 Å². The van der Waals surface area contributed by atoms with Crippen molar-refractivity contribution in [2.24, 2.45) is 0 Å². The van der Waals surface area contributed by atoms with Gasteiger partial charge in [0.15, 0.2) is 0 Å². The van der Waals surface area contributed by atoms with Gasteiger partial charge in [-0.05, 0) is 42.9 Å². The fourth-order valence-corrected chi connectivity index (χ4v) is 2.44. The van der Waals surface area contributed by atoms with Gasteiger partial charge in [0.2, 0.25) is 0 Å². The largest absolute Gasteiger partial charge is 0.382 e. The van der Waals surface area contributed by atoms with Crippen molar-refractivity contribution in [3.05, 3.63) is 29.8 Å². The van der Waals surface area contributed by atoms with Gasteiger partial charge in [0.25, 0.3) is 0 Å². The smallest absolute Gasteiger partial charge is 0.0566 e. The summed E-state index contributed by atoms with van der Waals surface area (Å²) >= 11 is 0. The molecule has 18 heavy (non-hydrogen) atoms. The highest BCUT2D eigenvalue weighted by atomic mass is 16.5. The number of hydrogen-bond donors (Lipinski definition) is 1. The summed E-state index contributed by atoms with van der Waals surface area (Å²) < 4.78 is 5.58. The van der Waals surface area contributed by atoms with Crippen LogP contribution in [0, 0.1) is 0 Å². The molecule has 2 rings (SSSR count). The summed E-state index contributed by atoms with van der Waals surface area (Å²) in [6.45, 7) is 9.78. The molecule has 2 heteroatoms. The maximum Gasteiger partial charge on any atom is 0.0566 e. The zero-order valence-corrected chi connectivity index (χ0v) is 12.0. The molecule has 1 aliphatic rings. The highest BCUT2D eigenvalue weighted by molar-refractivity contribution is 5.48. The number of benzene rings is 1. The van der Waals surface area contributed by atoms with Crippen LogP contribution in [0.1, 0.15) is 46.1 Å². The quantitative estimate of drug-likeness (QED) is 0.854. The maximum absolute atomic E-state index is 5.58. The molecule has 1 heterocycles. The van der Waals surface area contributed by atoms with Crippen LogP contribution < -0.4 is 5.32 Å². The Kier molecular flexibility index (Phi) is 3.96. The molecule has 1 aromatic carbocycles. The van der Waals surface area contributed by atoms with Crippen molar-refractivity contribution in [2.45, 2.75) is 58.1 Å². The van der Waals surface area contributed by atoms with Crippen LogP contribution in [0.5, 0.6) is 0 Å². The molecular weight excluding hydrogens is 222 g/mol. The van der Waals surface area contributed by atoms with Crippen LogP contribution in [0.4, 0.5) is 5.69 Å². The molecular formula is C16H25NO. The van der Waals surface area contributed by atoms with Gasteiger partial charge in [-0.25, -0.2) is 0 Å². The fraction of sp³-hybridized carbons (Fsp3) is 0.625. The van der Waals surface area contributed by atoms with E-state index < -0.39 is 0 Å². The molecule has 0 spiro atoms. The van der Waals surface area contributed by atoms with E-state index >= 15 is 0 Å². The Hall–Kier alpha value is -1.02. The van der Waals surface area contributed by atoms with E-state index in [0.29, 0.717) is 12.1 Å². The zero-order valence-electron chi connectivity index (χ0n) is 12.0. The molecule has 2 nitrogen and oxygen atoms in total. The van der Waals surface area contributed by atoms with Crippen molar-refractivity contribution in [3.63, 3.8) is 0 Å². The van der Waals surface area contributed by atoms with Gasteiger partial charge in [-0.1, -0.05) is 32.9 Å². The lowest BCUT2D eigenvalue weighted by atomic mass is 9.87. The summed E-state index contributed by atoms with van der Waals surface area (Å²) in [5.74, 6) is 0. The molecule has 100 valence electrons. The van der Waals surface area contributed by atoms with Gasteiger partial charge < -0.3 is 10.1 Å². The molecule has 0 amide bonds. The highest BCUT2D eigenvalue weighted by Crippen LogP contribution is 2.26. The van der Waals surface area contributed by atoms with E-state index in [2.05, 4.69) is 57.3 Å². The minimum absolute atomic E-state index is 0.209. The third-order valence-corrected chi connectivity index (χ3v) is 3.58. The van der Waals surface area contributed by atoms with E-state index in [0.717, 1.165) is 19.4 Å². The predicted octanol–water partition coefficient (Wildman–Crippen LogP) is 3.96. The van der Waals surface area contributed by atoms with Crippen LogP contribution in [0.25, 0.3) is 0 Å². The molecule has 0 aliphatic carbocycles. The molecule has 1 saturated heterocycles. The monoisotopic (exact) mass is 247 g/mol. The SMILES string of the molecule is C[C@@H]1CC(Nc2cccc(C(C)(C)C)c2)CCO1. The Bertz CT molecular complexity index is 394. The van der Waals surface area contributed by atoms with E-state index in [1.165, 1.54) is 11.3 Å². The molecule has 1 aromatic rings. The Morgan fingerprint density at radius 2 is 2.06 bits per heavy atom. The summed E-state index contributed by atoms with van der Waals surface area (Å²) in [7, 11) is 0. The second kappa shape index (κ2) is 5.31. The van der Waals surface area contributed by atoms with Crippen LogP contribution >= 0.6 is 0 Å². The normalized spacial score (nSPS) is 24.9. The van der Waals surface area contributed by atoms with E-state index in [4.69, 9.17) is 4.74 Å². The van der Waals surface area contributed by atoms with Crippen molar-refractivity contribution < 1.29 is 4.74 Å². The number of anilines is 1. The number of rotatable bonds is 2. The first-order valence-corrected chi connectivity index (χ1v) is 6.94. The Morgan fingerprint density at radius 1 is 1.28 bits per heavy atom. The van der Waals surface area contributed by atoms with Gasteiger partial charge in [0.05, 0.1) is 6.10 Å². The second-order valence-electron chi connectivity index (χ2n) is 6.38. The zero-order chi connectivity index (χ0) is 13.2. The predicted molar refractivity (Wildman–Crippen MR) is 77.2 cm³/mol. The van der Waals surface area contributed by atoms with E-state index in [1.807, 2.05) is 0 Å². The van der Waals surface area contributed by atoms with Crippen LogP contribution in [0.15, 0.2) is 24.3 Å². The van der Waals surface area contributed by atoms with Crippen LogP contribution in [-0.2, 0) is 10.2 Å². The molecule has 0 bridgehead atoms. The first kappa shape index (κ1) is 13.4. The van der Waals surface area contributed by atoms with Gasteiger partial charge >= 0.3 is 0 Å². The summed E-state index contributed by atoms with van der Waals surface area (Å²) in [6, 6.07) is 9.34. The Labute approximate surface area is 111 Å². The van der Waals surface area contributed by atoms with E-state index in [-0.39, 0.29) is 5.41 Å². The fourth-order valence-electron chi connectivity index (χ4n) is 2.44. The highest BCUT2D eigenvalue weighted by Gasteiger charge is 2.19. The number of hydrogen-bond acceptors (Lipinski definition) is 2. The van der Waals surface area contributed by atoms with Crippen molar-refractivity contribution in [1.82, 2.24) is 0 Å². The molecule has 1 unspecified atom stereocenters. The van der Waals surface area contributed by atoms with Crippen LogP contribution in [0.2, 0.25) is 0 Å². The third-order valence-electron chi connectivity index (χ3n) is 3.58. The van der Waals surface area contributed by atoms with E-state index in [1.54, 1.807) is 0 Å². The van der Waals surface area contributed by atoms with Gasteiger partial charge in [-0.2, -0.15) is 0 Å². The second-order valence-corrected chi connectivity index (χ2v) is 6.38. The first-order valence-electron chi connectivity index (χ1n) is 6.94. The minimum atomic E-state index is 0.209. The molecule has 1 aliphatic heterocycles. The number of nitrogens with one attached hydrogen (secondary N) is 1. The van der Waals surface area contributed by atoms with Crippen molar-refractivity contribution in [2.75, 3.05) is 11.9 Å². The molecule has 2 atom stereocenters. The summed E-state index contributed by atoms with van der Waals surface area (Å²) in [5.41, 5.74) is 2.83. The van der Waals surface area contributed by atoms with Crippen molar-refractivity contribution >= 4 is 5.69 Å². The Balaban J connectivity index is 2.05. The standard InChI is InChI=1S/C16H25NO/c1-12-10-15(8-9-18-12)17-14-7-5-6-13(11-14)16(2,3)4/h5-7,11-12,15,17H,8-10H2,1-4H3/t12-,15?/m1/s1. The summed E-state index contributed by atoms with van der Waals surface area (Å²) in [6.07, 6.45) is 2.58. The van der Waals surface area contributed by atoms with Gasteiger partial charge in [-0.15, -0.1) is 0 Å². The van der Waals surface area contributed by atoms with Crippen LogP contribution in [0.3, 0.4) is 0 Å². The summed E-state index contributed by atoms with van der Waals surface area (Å²) in [5, 5.41) is 3.64. The summed E-state index contributed by atoms with van der Waals surface area (Å²) in [4.78, 5) is 0. The average Bonchev–Trinajstić information content (AvgIpc) is 2.28. The molecule has 0 saturated carbocycles. The van der Waals surface area contributed by atoms with Crippen molar-refractivity contribution in [1.29, 1.82) is 0 Å². The topological polar surface area (TPSA) is 21.3 Å². The van der Waals surface area contributed by atoms with Gasteiger partial charge in [-0.3, -0.25) is 0 Å². The molecule has 0 radical (unpaired) electrons. The first-order chi connectivity index (χ1) is 8.45. The Morgan fingerprint density at radius 3 is 2.72 bits per heavy atom. The molecule has 0 aromatic heterocycles. The van der Waals surface area contributed by atoms with E-state index in [9.17, 15) is 0 Å². The molecule has 1 fully saturated rings. The van der Waals surface area contributed by atoms with Crippen LogP contribution in [-0.4, -0.2) is 18.8 Å². The average molecular weight is 247 g/mol. The van der Waals surface area contributed by atoms with Crippen molar-refractivity contribution in [3.8, 4) is 0 Å². The lowest BCUT2D eigenvalue weighted by molar-refractivity contribution is 0.0232. The lowest BCUT2D eigenvalue weighted by Gasteiger charge is -2.29. The third kappa shape index (κ3) is 3.49. The van der Waals surface area contributed by atoms with Gasteiger partial charge in [0.1, 0.15) is 0 Å². The lowest BCUT2D eigenvalue weighted by Crippen LogP contribution is -2.32. The minimum Gasteiger partial charge on any atom is -0.382 e. The maximum atomic E-state index is 5.58. The molecule has 1 N–H and O–H groups in total. The number of ether oxygens (including phenoxy) is 1.